The van der Waals surface area contributed by atoms with Crippen molar-refractivity contribution in [2.75, 3.05) is 5.75 Å². The predicted octanol–water partition coefficient (Wildman–Crippen LogP) is 2.81. The number of rotatable bonds is 6. The summed E-state index contributed by atoms with van der Waals surface area (Å²) in [4.78, 5) is 14.7. The molecule has 0 aliphatic rings. The zero-order valence-corrected chi connectivity index (χ0v) is 9.59. The van der Waals surface area contributed by atoms with Crippen molar-refractivity contribution in [2.24, 2.45) is 0 Å². The summed E-state index contributed by atoms with van der Waals surface area (Å²) in [5.74, 6) is 1.08. The quantitative estimate of drug-likeness (QED) is 0.756. The second-order valence-electron chi connectivity index (χ2n) is 3.25. The van der Waals surface area contributed by atoms with Crippen molar-refractivity contribution in [1.82, 2.24) is 4.98 Å². The van der Waals surface area contributed by atoms with Gasteiger partial charge in [-0.2, -0.15) is 11.8 Å². The van der Waals surface area contributed by atoms with E-state index in [9.17, 15) is 4.79 Å². The highest BCUT2D eigenvalue weighted by Crippen LogP contribution is 2.12. The fourth-order valence-electron chi connectivity index (χ4n) is 1.06. The van der Waals surface area contributed by atoms with E-state index in [1.54, 1.807) is 12.1 Å². The van der Waals surface area contributed by atoms with E-state index in [0.717, 1.165) is 17.2 Å². The summed E-state index contributed by atoms with van der Waals surface area (Å²) in [5.41, 5.74) is 1.19. The van der Waals surface area contributed by atoms with Gasteiger partial charge in [-0.3, -0.25) is 4.98 Å². The molecule has 0 fully saturated rings. The Morgan fingerprint density at radius 3 is 2.87 bits per heavy atom. The van der Waals surface area contributed by atoms with Crippen LogP contribution in [0.3, 0.4) is 0 Å². The van der Waals surface area contributed by atoms with Crippen molar-refractivity contribution in [1.29, 1.82) is 0 Å². The number of hydrogen-bond donors (Lipinski definition) is 1. The molecule has 15 heavy (non-hydrogen) atoms. The molecule has 0 unspecified atom stereocenters. The fourth-order valence-corrected chi connectivity index (χ4v) is 2.08. The Labute approximate surface area is 93.9 Å². The summed E-state index contributed by atoms with van der Waals surface area (Å²) >= 11 is 1.84. The van der Waals surface area contributed by atoms with E-state index in [0.29, 0.717) is 0 Å². The van der Waals surface area contributed by atoms with Crippen LogP contribution in [0.25, 0.3) is 0 Å². The van der Waals surface area contributed by atoms with Gasteiger partial charge in [0.05, 0.1) is 11.3 Å². The summed E-state index contributed by atoms with van der Waals surface area (Å²) in [6, 6.07) is 3.38. The third-order valence-corrected chi connectivity index (χ3v) is 3.04. The number of unbranched alkanes of at least 4 members (excludes halogenated alkanes) is 1. The van der Waals surface area contributed by atoms with Crippen LogP contribution >= 0.6 is 11.8 Å². The van der Waals surface area contributed by atoms with Crippen LogP contribution in [0.2, 0.25) is 0 Å². The van der Waals surface area contributed by atoms with Crippen LogP contribution in [0.1, 0.15) is 35.8 Å². The first-order chi connectivity index (χ1) is 7.24. The Hall–Kier alpha value is -1.03. The molecular weight excluding hydrogens is 210 g/mol. The van der Waals surface area contributed by atoms with Crippen molar-refractivity contribution < 1.29 is 9.90 Å². The van der Waals surface area contributed by atoms with E-state index in [2.05, 4.69) is 11.9 Å². The van der Waals surface area contributed by atoms with E-state index in [4.69, 9.17) is 5.11 Å². The van der Waals surface area contributed by atoms with Crippen LogP contribution in [-0.2, 0) is 5.75 Å². The van der Waals surface area contributed by atoms with E-state index < -0.39 is 5.97 Å². The second-order valence-corrected chi connectivity index (χ2v) is 4.35. The van der Waals surface area contributed by atoms with Gasteiger partial charge in [0.25, 0.3) is 0 Å². The molecule has 0 amide bonds. The summed E-state index contributed by atoms with van der Waals surface area (Å²) in [7, 11) is 0. The van der Waals surface area contributed by atoms with Crippen LogP contribution in [0, 0.1) is 0 Å². The maximum atomic E-state index is 10.6. The molecule has 82 valence electrons. The van der Waals surface area contributed by atoms with Gasteiger partial charge in [-0.15, -0.1) is 0 Å². The van der Waals surface area contributed by atoms with E-state index >= 15 is 0 Å². The minimum absolute atomic E-state index is 0.248. The highest BCUT2D eigenvalue weighted by Gasteiger charge is 2.02. The van der Waals surface area contributed by atoms with Gasteiger partial charge in [0.15, 0.2) is 0 Å². The smallest absolute Gasteiger partial charge is 0.337 e. The summed E-state index contributed by atoms with van der Waals surface area (Å²) in [6.07, 6.45) is 3.84. The number of aromatic nitrogens is 1. The highest BCUT2D eigenvalue weighted by atomic mass is 32.2. The molecule has 0 saturated heterocycles. The molecule has 0 atom stereocenters. The molecule has 0 spiro atoms. The average Bonchev–Trinajstić information content (AvgIpc) is 2.25. The molecule has 1 aromatic heterocycles. The summed E-state index contributed by atoms with van der Waals surface area (Å²) in [6.45, 7) is 2.17. The minimum atomic E-state index is -0.923. The number of thioether (sulfide) groups is 1. The van der Waals surface area contributed by atoms with Gasteiger partial charge < -0.3 is 5.11 Å². The predicted molar refractivity (Wildman–Crippen MR) is 62.3 cm³/mol. The largest absolute Gasteiger partial charge is 0.478 e. The van der Waals surface area contributed by atoms with Gasteiger partial charge >= 0.3 is 5.97 Å². The third-order valence-electron chi connectivity index (χ3n) is 1.96. The van der Waals surface area contributed by atoms with E-state index in [-0.39, 0.29) is 5.56 Å². The molecule has 3 nitrogen and oxygen atoms in total. The number of carbonyl (C=O) groups is 1. The van der Waals surface area contributed by atoms with Gasteiger partial charge in [-0.1, -0.05) is 13.3 Å². The summed E-state index contributed by atoms with van der Waals surface area (Å²) < 4.78 is 0. The van der Waals surface area contributed by atoms with Crippen molar-refractivity contribution in [2.45, 2.75) is 25.5 Å². The molecule has 0 bridgehead atoms. The minimum Gasteiger partial charge on any atom is -0.478 e. The topological polar surface area (TPSA) is 50.2 Å². The first-order valence-electron chi connectivity index (χ1n) is 5.00. The number of hydrogen-bond acceptors (Lipinski definition) is 3. The monoisotopic (exact) mass is 225 g/mol. The second kappa shape index (κ2) is 6.45. The number of pyridine rings is 1. The highest BCUT2D eigenvalue weighted by molar-refractivity contribution is 7.98. The fraction of sp³-hybridized carbons (Fsp3) is 0.455. The van der Waals surface area contributed by atoms with Crippen LogP contribution in [0.5, 0.6) is 0 Å². The van der Waals surface area contributed by atoms with E-state index in [1.165, 1.54) is 19.0 Å². The zero-order chi connectivity index (χ0) is 11.1. The molecule has 1 N–H and O–H groups in total. The van der Waals surface area contributed by atoms with Crippen LogP contribution in [0.15, 0.2) is 18.3 Å². The Balaban J connectivity index is 2.39. The molecule has 1 rings (SSSR count). The maximum absolute atomic E-state index is 10.6. The Bertz CT molecular complexity index is 311. The first kappa shape index (κ1) is 12.0. The SMILES string of the molecule is CCCCSCc1ccc(C(=O)O)cn1. The molecule has 4 heteroatoms. The Morgan fingerprint density at radius 2 is 2.33 bits per heavy atom. The van der Waals surface area contributed by atoms with Gasteiger partial charge in [0.2, 0.25) is 0 Å². The lowest BCUT2D eigenvalue weighted by Gasteiger charge is -2.00. The molecule has 1 aromatic rings. The zero-order valence-electron chi connectivity index (χ0n) is 8.77. The molecule has 0 radical (unpaired) electrons. The van der Waals surface area contributed by atoms with Gasteiger partial charge in [0, 0.05) is 11.9 Å². The third kappa shape index (κ3) is 4.34. The Kier molecular flexibility index (Phi) is 5.18. The molecule has 0 aliphatic carbocycles. The lowest BCUT2D eigenvalue weighted by atomic mass is 10.2. The number of nitrogens with zero attached hydrogens (tertiary/aromatic N) is 1. The van der Waals surface area contributed by atoms with Crippen molar-refractivity contribution in [3.8, 4) is 0 Å². The maximum Gasteiger partial charge on any atom is 0.337 e. The first-order valence-corrected chi connectivity index (χ1v) is 6.15. The van der Waals surface area contributed by atoms with Crippen LogP contribution < -0.4 is 0 Å². The van der Waals surface area contributed by atoms with Gasteiger partial charge in [0.1, 0.15) is 0 Å². The average molecular weight is 225 g/mol. The lowest BCUT2D eigenvalue weighted by Crippen LogP contribution is -1.98. The molecule has 0 aliphatic heterocycles. The molecule has 0 aromatic carbocycles. The van der Waals surface area contributed by atoms with Crippen molar-refractivity contribution in [3.63, 3.8) is 0 Å². The van der Waals surface area contributed by atoms with Crippen LogP contribution in [-0.4, -0.2) is 21.8 Å². The van der Waals surface area contributed by atoms with Crippen LogP contribution in [0.4, 0.5) is 0 Å². The molecule has 1 heterocycles. The normalized spacial score (nSPS) is 10.2. The standard InChI is InChI=1S/C11H15NO2S/c1-2-3-6-15-8-10-5-4-9(7-12-10)11(13)14/h4-5,7H,2-3,6,8H2,1H3,(H,13,14). The van der Waals surface area contributed by atoms with Gasteiger partial charge in [-0.25, -0.2) is 4.79 Å². The Morgan fingerprint density at radius 1 is 1.53 bits per heavy atom. The van der Waals surface area contributed by atoms with Gasteiger partial charge in [-0.05, 0) is 24.3 Å². The molecule has 0 saturated carbocycles. The van der Waals surface area contributed by atoms with E-state index in [1.807, 2.05) is 11.8 Å². The lowest BCUT2D eigenvalue weighted by molar-refractivity contribution is 0.0696. The van der Waals surface area contributed by atoms with Crippen molar-refractivity contribution in [3.05, 3.63) is 29.6 Å². The number of aromatic carboxylic acids is 1. The van der Waals surface area contributed by atoms with Crippen molar-refractivity contribution >= 4 is 17.7 Å². The summed E-state index contributed by atoms with van der Waals surface area (Å²) in [5, 5.41) is 8.68. The molecular formula is C11H15NO2S. The number of carboxylic acid groups (broad SMARTS) is 1. The number of carboxylic acids is 1.